The van der Waals surface area contributed by atoms with Crippen molar-refractivity contribution in [1.82, 2.24) is 30.0 Å². The second kappa shape index (κ2) is 8.02. The molecule has 0 N–H and O–H groups in total. The fourth-order valence-corrected chi connectivity index (χ4v) is 3.12. The molecule has 1 aliphatic rings. The normalized spacial score (nSPS) is 18.0. The van der Waals surface area contributed by atoms with Crippen LogP contribution in [0.1, 0.15) is 17.4 Å². The Balaban J connectivity index is 1.92. The van der Waals surface area contributed by atoms with Crippen LogP contribution in [0.2, 0.25) is 5.02 Å². The fraction of sp³-hybridized carbons (Fsp3) is 0.562. The van der Waals surface area contributed by atoms with Crippen LogP contribution >= 0.6 is 11.6 Å². The summed E-state index contributed by atoms with van der Waals surface area (Å²) in [4.78, 5) is 4.77. The Labute approximate surface area is 147 Å². The zero-order valence-electron chi connectivity index (χ0n) is 14.1. The Morgan fingerprint density at radius 3 is 2.54 bits per heavy atom. The van der Waals surface area contributed by atoms with Crippen LogP contribution in [0.25, 0.3) is 0 Å². The summed E-state index contributed by atoms with van der Waals surface area (Å²) in [5, 5.41) is 13.1. The molecule has 7 nitrogen and oxygen atoms in total. The van der Waals surface area contributed by atoms with Gasteiger partial charge in [0.05, 0.1) is 19.2 Å². The number of benzene rings is 1. The minimum Gasteiger partial charge on any atom is -0.383 e. The van der Waals surface area contributed by atoms with Gasteiger partial charge in [0.15, 0.2) is 5.82 Å². The van der Waals surface area contributed by atoms with E-state index in [1.165, 1.54) is 0 Å². The molecule has 0 aliphatic carbocycles. The molecule has 2 heterocycles. The lowest BCUT2D eigenvalue weighted by Crippen LogP contribution is -2.46. The van der Waals surface area contributed by atoms with E-state index in [1.54, 1.807) is 7.11 Å². The number of piperazine rings is 1. The van der Waals surface area contributed by atoms with Gasteiger partial charge in [-0.2, -0.15) is 0 Å². The van der Waals surface area contributed by atoms with Crippen molar-refractivity contribution >= 4 is 11.6 Å². The van der Waals surface area contributed by atoms with Gasteiger partial charge in [-0.05, 0) is 35.2 Å². The van der Waals surface area contributed by atoms with Gasteiger partial charge in [0.25, 0.3) is 0 Å². The maximum Gasteiger partial charge on any atom is 0.173 e. The van der Waals surface area contributed by atoms with Gasteiger partial charge in [0, 0.05) is 38.3 Å². The summed E-state index contributed by atoms with van der Waals surface area (Å²) in [6.45, 7) is 5.22. The summed E-state index contributed by atoms with van der Waals surface area (Å²) in [5.74, 6) is 0.846. The average Bonchev–Trinajstić information content (AvgIpc) is 3.05. The summed E-state index contributed by atoms with van der Waals surface area (Å²) < 4.78 is 7.01. The smallest absolute Gasteiger partial charge is 0.173 e. The molecule has 0 radical (unpaired) electrons. The van der Waals surface area contributed by atoms with Gasteiger partial charge in [0.1, 0.15) is 0 Å². The number of nitrogens with zero attached hydrogens (tertiary/aromatic N) is 6. The molecule has 0 saturated carbocycles. The van der Waals surface area contributed by atoms with Crippen LogP contribution in [0, 0.1) is 0 Å². The molecule has 0 spiro atoms. The van der Waals surface area contributed by atoms with Crippen molar-refractivity contribution in [2.75, 3.05) is 46.9 Å². The lowest BCUT2D eigenvalue weighted by atomic mass is 10.0. The third-order valence-electron chi connectivity index (χ3n) is 4.40. The number of aromatic nitrogens is 4. The first kappa shape index (κ1) is 17.3. The predicted octanol–water partition coefficient (Wildman–Crippen LogP) is 1.31. The first-order valence-electron chi connectivity index (χ1n) is 8.12. The van der Waals surface area contributed by atoms with Crippen molar-refractivity contribution in [3.8, 4) is 0 Å². The topological polar surface area (TPSA) is 59.3 Å². The summed E-state index contributed by atoms with van der Waals surface area (Å²) in [5.41, 5.74) is 1.15. The average molecular weight is 351 g/mol. The molecule has 1 aromatic heterocycles. The zero-order valence-corrected chi connectivity index (χ0v) is 14.9. The zero-order chi connectivity index (χ0) is 16.9. The van der Waals surface area contributed by atoms with Crippen molar-refractivity contribution in [2.45, 2.75) is 12.6 Å². The Hall–Kier alpha value is -1.54. The van der Waals surface area contributed by atoms with Crippen LogP contribution in [-0.2, 0) is 11.3 Å². The number of ether oxygens (including phenoxy) is 1. The molecule has 2 aromatic rings. The summed E-state index contributed by atoms with van der Waals surface area (Å²) >= 11 is 6.06. The second-order valence-electron chi connectivity index (χ2n) is 6.05. The van der Waals surface area contributed by atoms with E-state index in [2.05, 4.69) is 44.5 Å². The number of tetrazole rings is 1. The highest BCUT2D eigenvalue weighted by Gasteiger charge is 2.29. The van der Waals surface area contributed by atoms with Crippen molar-refractivity contribution < 1.29 is 4.74 Å². The van der Waals surface area contributed by atoms with Gasteiger partial charge >= 0.3 is 0 Å². The number of halogens is 1. The standard InChI is InChI=1S/C16H23ClN6O/c1-21-7-9-22(10-8-21)15(13-3-5-14(17)6-4-13)16-18-19-20-23(16)11-12-24-2/h3-6,15H,7-12H2,1-2H3. The molecule has 0 amide bonds. The van der Waals surface area contributed by atoms with E-state index in [4.69, 9.17) is 16.3 Å². The monoisotopic (exact) mass is 350 g/mol. The van der Waals surface area contributed by atoms with E-state index in [-0.39, 0.29) is 6.04 Å². The highest BCUT2D eigenvalue weighted by Crippen LogP contribution is 2.28. The molecule has 3 rings (SSSR count). The van der Waals surface area contributed by atoms with Crippen LogP contribution in [-0.4, -0.2) is 77.0 Å². The minimum absolute atomic E-state index is 0.0165. The Kier molecular flexibility index (Phi) is 5.78. The van der Waals surface area contributed by atoms with Crippen molar-refractivity contribution in [2.24, 2.45) is 0 Å². The summed E-state index contributed by atoms with van der Waals surface area (Å²) in [7, 11) is 3.83. The van der Waals surface area contributed by atoms with Crippen LogP contribution in [0.15, 0.2) is 24.3 Å². The highest BCUT2D eigenvalue weighted by molar-refractivity contribution is 6.30. The van der Waals surface area contributed by atoms with Crippen LogP contribution in [0.3, 0.4) is 0 Å². The van der Waals surface area contributed by atoms with E-state index < -0.39 is 0 Å². The van der Waals surface area contributed by atoms with Gasteiger partial charge in [-0.1, -0.05) is 23.7 Å². The molecule has 1 saturated heterocycles. The molecule has 24 heavy (non-hydrogen) atoms. The first-order valence-corrected chi connectivity index (χ1v) is 8.50. The molecule has 0 bridgehead atoms. The van der Waals surface area contributed by atoms with Gasteiger partial charge in [-0.15, -0.1) is 5.10 Å². The lowest BCUT2D eigenvalue weighted by molar-refractivity contribution is 0.119. The molecule has 1 aliphatic heterocycles. The Morgan fingerprint density at radius 2 is 1.88 bits per heavy atom. The van der Waals surface area contributed by atoms with Crippen LogP contribution in [0.4, 0.5) is 0 Å². The molecule has 1 fully saturated rings. The molecule has 8 heteroatoms. The van der Waals surface area contributed by atoms with Crippen molar-refractivity contribution in [3.63, 3.8) is 0 Å². The molecular formula is C16H23ClN6O. The molecule has 1 aromatic carbocycles. The SMILES string of the molecule is COCCn1nnnc1C(c1ccc(Cl)cc1)N1CCN(C)CC1. The molecule has 1 atom stereocenters. The van der Waals surface area contributed by atoms with E-state index in [0.29, 0.717) is 13.2 Å². The molecular weight excluding hydrogens is 328 g/mol. The third-order valence-corrected chi connectivity index (χ3v) is 4.65. The van der Waals surface area contributed by atoms with E-state index in [9.17, 15) is 0 Å². The van der Waals surface area contributed by atoms with E-state index >= 15 is 0 Å². The predicted molar refractivity (Wildman–Crippen MR) is 92.1 cm³/mol. The second-order valence-corrected chi connectivity index (χ2v) is 6.48. The first-order chi connectivity index (χ1) is 11.7. The largest absolute Gasteiger partial charge is 0.383 e. The summed E-state index contributed by atoms with van der Waals surface area (Å²) in [6, 6.07) is 7.97. The number of hydrogen-bond donors (Lipinski definition) is 0. The van der Waals surface area contributed by atoms with Crippen molar-refractivity contribution in [3.05, 3.63) is 40.7 Å². The molecule has 1 unspecified atom stereocenters. The molecule has 130 valence electrons. The number of methoxy groups -OCH3 is 1. The highest BCUT2D eigenvalue weighted by atomic mass is 35.5. The van der Waals surface area contributed by atoms with Crippen molar-refractivity contribution in [1.29, 1.82) is 0 Å². The maximum atomic E-state index is 6.06. The quantitative estimate of drug-likeness (QED) is 0.783. The number of likely N-dealkylation sites (N-methyl/N-ethyl adjacent to an activating group) is 1. The van der Waals surface area contributed by atoms with E-state index in [1.807, 2.05) is 16.8 Å². The van der Waals surface area contributed by atoms with Gasteiger partial charge in [-0.3, -0.25) is 4.90 Å². The lowest BCUT2D eigenvalue weighted by Gasteiger charge is -2.37. The maximum absolute atomic E-state index is 6.06. The van der Waals surface area contributed by atoms with Crippen LogP contribution in [0.5, 0.6) is 0 Å². The minimum atomic E-state index is 0.0165. The van der Waals surface area contributed by atoms with Crippen LogP contribution < -0.4 is 0 Å². The number of hydrogen-bond acceptors (Lipinski definition) is 6. The third kappa shape index (κ3) is 3.92. The number of rotatable bonds is 6. The van der Waals surface area contributed by atoms with Gasteiger partial charge in [-0.25, -0.2) is 4.68 Å². The Bertz CT molecular complexity index is 638. The summed E-state index contributed by atoms with van der Waals surface area (Å²) in [6.07, 6.45) is 0. The van der Waals surface area contributed by atoms with Gasteiger partial charge in [0.2, 0.25) is 0 Å². The fourth-order valence-electron chi connectivity index (χ4n) is 2.99. The van der Waals surface area contributed by atoms with Gasteiger partial charge < -0.3 is 9.64 Å². The van der Waals surface area contributed by atoms with E-state index in [0.717, 1.165) is 42.6 Å². The Morgan fingerprint density at radius 1 is 1.17 bits per heavy atom.